The Hall–Kier alpha value is -2.53. The average Bonchev–Trinajstić information content (AvgIpc) is 3.09. The van der Waals surface area contributed by atoms with Gasteiger partial charge in [0.2, 0.25) is 0 Å². The molecule has 27 heavy (non-hydrogen) atoms. The number of nitrogens with one attached hydrogen (secondary N) is 2. The van der Waals surface area contributed by atoms with E-state index in [2.05, 4.69) is 10.6 Å². The normalized spacial score (nSPS) is 16.2. The molecule has 2 aromatic rings. The second-order valence-electron chi connectivity index (χ2n) is 6.76. The van der Waals surface area contributed by atoms with Crippen molar-refractivity contribution in [1.29, 1.82) is 0 Å². The van der Waals surface area contributed by atoms with Crippen LogP contribution < -0.4 is 15.4 Å². The van der Waals surface area contributed by atoms with Crippen molar-refractivity contribution in [3.63, 3.8) is 0 Å². The number of ether oxygens (including phenoxy) is 1. The zero-order valence-corrected chi connectivity index (χ0v) is 16.2. The maximum Gasteiger partial charge on any atom is 0.261 e. The molecule has 1 heterocycles. The first-order chi connectivity index (χ1) is 13.0. The zero-order valence-electron chi connectivity index (χ0n) is 15.4. The minimum atomic E-state index is -0.560. The summed E-state index contributed by atoms with van der Waals surface area (Å²) in [5.74, 6) is 0.407. The van der Waals surface area contributed by atoms with Crippen molar-refractivity contribution < 1.29 is 14.3 Å². The highest BCUT2D eigenvalue weighted by Gasteiger charge is 2.29. The molecule has 0 unspecified atom stereocenters. The van der Waals surface area contributed by atoms with E-state index in [1.807, 2.05) is 32.0 Å². The number of halogens is 1. The Kier molecular flexibility index (Phi) is 6.01. The quantitative estimate of drug-likeness (QED) is 0.798. The van der Waals surface area contributed by atoms with E-state index in [4.69, 9.17) is 16.3 Å². The van der Waals surface area contributed by atoms with E-state index in [0.717, 1.165) is 17.5 Å². The number of fused-ring (bicyclic) bond motifs is 1. The Bertz CT molecular complexity index is 853. The van der Waals surface area contributed by atoms with Gasteiger partial charge >= 0.3 is 0 Å². The monoisotopic (exact) mass is 386 g/mol. The van der Waals surface area contributed by atoms with E-state index < -0.39 is 6.10 Å². The zero-order chi connectivity index (χ0) is 19.4. The van der Waals surface area contributed by atoms with Gasteiger partial charge < -0.3 is 15.4 Å². The summed E-state index contributed by atoms with van der Waals surface area (Å²) in [5.41, 5.74) is 2.38. The van der Waals surface area contributed by atoms with E-state index in [1.54, 1.807) is 24.3 Å². The van der Waals surface area contributed by atoms with E-state index in [0.29, 0.717) is 29.3 Å². The molecule has 0 saturated carbocycles. The van der Waals surface area contributed by atoms with Crippen LogP contribution in [0.2, 0.25) is 5.02 Å². The van der Waals surface area contributed by atoms with Gasteiger partial charge in [-0.25, -0.2) is 0 Å². The van der Waals surface area contributed by atoms with Crippen LogP contribution in [0.5, 0.6) is 5.75 Å². The summed E-state index contributed by atoms with van der Waals surface area (Å²) in [5, 5.41) is 6.45. The Labute approximate surface area is 164 Å². The molecule has 0 spiro atoms. The third kappa shape index (κ3) is 4.80. The van der Waals surface area contributed by atoms with E-state index in [1.165, 1.54) is 0 Å². The highest BCUT2D eigenvalue weighted by atomic mass is 35.5. The summed E-state index contributed by atoms with van der Waals surface area (Å²) in [4.78, 5) is 24.7. The SMILES string of the molecule is CC[C@H](C)NC(=O)c1cccc(CNC(=O)[C@@H]2Cc3cc(Cl)ccc3O2)c1. The first-order valence-electron chi connectivity index (χ1n) is 9.09. The third-order valence-electron chi connectivity index (χ3n) is 4.64. The second-order valence-corrected chi connectivity index (χ2v) is 7.20. The van der Waals surface area contributed by atoms with Gasteiger partial charge in [-0.15, -0.1) is 0 Å². The molecule has 0 aromatic heterocycles. The number of amides is 2. The molecule has 0 aliphatic carbocycles. The van der Waals surface area contributed by atoms with Crippen LogP contribution >= 0.6 is 11.6 Å². The lowest BCUT2D eigenvalue weighted by Crippen LogP contribution is -2.37. The van der Waals surface area contributed by atoms with Crippen molar-refractivity contribution >= 4 is 23.4 Å². The fourth-order valence-electron chi connectivity index (χ4n) is 2.90. The van der Waals surface area contributed by atoms with Crippen LogP contribution in [0.1, 0.15) is 41.8 Å². The molecular weight excluding hydrogens is 364 g/mol. The number of benzene rings is 2. The van der Waals surface area contributed by atoms with Gasteiger partial charge in [0.15, 0.2) is 6.10 Å². The molecule has 142 valence electrons. The molecule has 0 bridgehead atoms. The third-order valence-corrected chi connectivity index (χ3v) is 4.87. The fourth-order valence-corrected chi connectivity index (χ4v) is 3.09. The Morgan fingerprint density at radius 3 is 2.85 bits per heavy atom. The molecule has 0 saturated heterocycles. The van der Waals surface area contributed by atoms with Crippen molar-refractivity contribution in [1.82, 2.24) is 10.6 Å². The molecular formula is C21H23ClN2O3. The van der Waals surface area contributed by atoms with Crippen molar-refractivity contribution in [3.05, 3.63) is 64.2 Å². The summed E-state index contributed by atoms with van der Waals surface area (Å²) >= 11 is 5.98. The molecule has 3 rings (SSSR count). The Balaban J connectivity index is 1.57. The summed E-state index contributed by atoms with van der Waals surface area (Å²) in [7, 11) is 0. The predicted molar refractivity (Wildman–Crippen MR) is 105 cm³/mol. The molecule has 1 aliphatic rings. The second kappa shape index (κ2) is 8.44. The van der Waals surface area contributed by atoms with Gasteiger partial charge in [0.25, 0.3) is 11.8 Å². The first-order valence-corrected chi connectivity index (χ1v) is 9.46. The number of rotatable bonds is 6. The summed E-state index contributed by atoms with van der Waals surface area (Å²) in [6, 6.07) is 12.7. The van der Waals surface area contributed by atoms with E-state index in [-0.39, 0.29) is 17.9 Å². The van der Waals surface area contributed by atoms with Gasteiger partial charge in [0.1, 0.15) is 5.75 Å². The molecule has 2 atom stereocenters. The van der Waals surface area contributed by atoms with Crippen molar-refractivity contribution in [2.45, 2.75) is 45.4 Å². The van der Waals surface area contributed by atoms with Crippen molar-refractivity contribution in [3.8, 4) is 5.75 Å². The number of hydrogen-bond donors (Lipinski definition) is 2. The summed E-state index contributed by atoms with van der Waals surface area (Å²) < 4.78 is 5.70. The standard InChI is InChI=1S/C21H23ClN2O3/c1-3-13(2)24-20(25)15-6-4-5-14(9-15)12-23-21(26)19-11-16-10-17(22)7-8-18(16)27-19/h4-10,13,19H,3,11-12H2,1-2H3,(H,23,26)(H,24,25)/t13-,19-/m0/s1. The van der Waals surface area contributed by atoms with E-state index >= 15 is 0 Å². The minimum absolute atomic E-state index is 0.107. The van der Waals surface area contributed by atoms with Crippen LogP contribution in [0.25, 0.3) is 0 Å². The Morgan fingerprint density at radius 2 is 2.07 bits per heavy atom. The van der Waals surface area contributed by atoms with Gasteiger partial charge in [-0.1, -0.05) is 30.7 Å². The highest BCUT2D eigenvalue weighted by molar-refractivity contribution is 6.30. The van der Waals surface area contributed by atoms with Gasteiger partial charge in [-0.2, -0.15) is 0 Å². The number of carbonyl (C=O) groups is 2. The smallest absolute Gasteiger partial charge is 0.261 e. The average molecular weight is 387 g/mol. The molecule has 6 heteroatoms. The largest absolute Gasteiger partial charge is 0.480 e. The topological polar surface area (TPSA) is 67.4 Å². The molecule has 2 amide bonds. The van der Waals surface area contributed by atoms with Crippen molar-refractivity contribution in [2.24, 2.45) is 0 Å². The lowest BCUT2D eigenvalue weighted by Gasteiger charge is -2.13. The minimum Gasteiger partial charge on any atom is -0.480 e. The molecule has 2 N–H and O–H groups in total. The highest BCUT2D eigenvalue weighted by Crippen LogP contribution is 2.31. The number of carbonyl (C=O) groups excluding carboxylic acids is 2. The maximum atomic E-state index is 12.4. The molecule has 0 radical (unpaired) electrons. The van der Waals surface area contributed by atoms with Crippen LogP contribution in [-0.2, 0) is 17.8 Å². The van der Waals surface area contributed by atoms with Crippen molar-refractivity contribution in [2.75, 3.05) is 0 Å². The Morgan fingerprint density at radius 1 is 1.26 bits per heavy atom. The van der Waals surface area contributed by atoms with Crippen LogP contribution in [0.4, 0.5) is 0 Å². The van der Waals surface area contributed by atoms with Gasteiger partial charge in [-0.05, 0) is 54.8 Å². The van der Waals surface area contributed by atoms with Gasteiger partial charge in [0.05, 0.1) is 0 Å². The van der Waals surface area contributed by atoms with Gasteiger partial charge in [-0.3, -0.25) is 9.59 Å². The first kappa shape index (κ1) is 19.2. The van der Waals surface area contributed by atoms with Gasteiger partial charge in [0, 0.05) is 29.6 Å². The maximum absolute atomic E-state index is 12.4. The molecule has 2 aromatic carbocycles. The molecule has 5 nitrogen and oxygen atoms in total. The molecule has 0 fully saturated rings. The van der Waals surface area contributed by atoms with Crippen LogP contribution in [0.15, 0.2) is 42.5 Å². The predicted octanol–water partition coefficient (Wildman–Crippen LogP) is 3.49. The lowest BCUT2D eigenvalue weighted by molar-refractivity contribution is -0.127. The van der Waals surface area contributed by atoms with Crippen LogP contribution in [-0.4, -0.2) is 24.0 Å². The lowest BCUT2D eigenvalue weighted by atomic mass is 10.1. The van der Waals surface area contributed by atoms with Crippen LogP contribution in [0, 0.1) is 0 Å². The fraction of sp³-hybridized carbons (Fsp3) is 0.333. The molecule has 1 aliphatic heterocycles. The van der Waals surface area contributed by atoms with E-state index in [9.17, 15) is 9.59 Å². The summed E-state index contributed by atoms with van der Waals surface area (Å²) in [6.07, 6.45) is 0.811. The number of hydrogen-bond acceptors (Lipinski definition) is 3. The van der Waals surface area contributed by atoms with Crippen LogP contribution in [0.3, 0.4) is 0 Å². The summed E-state index contributed by atoms with van der Waals surface area (Å²) in [6.45, 7) is 4.32.